The van der Waals surface area contributed by atoms with Gasteiger partial charge in [-0.25, -0.2) is 9.13 Å². The molecule has 6 atom stereocenters. The first kappa shape index (κ1) is 22.1. The summed E-state index contributed by atoms with van der Waals surface area (Å²) in [6, 6.07) is 0. The Morgan fingerprint density at radius 3 is 1.14 bits per heavy atom. The van der Waals surface area contributed by atoms with Gasteiger partial charge in [-0.2, -0.15) is 0 Å². The van der Waals surface area contributed by atoms with Gasteiger partial charge in [0.2, 0.25) is 0 Å². The van der Waals surface area contributed by atoms with E-state index in [1.54, 1.807) is 0 Å². The van der Waals surface area contributed by atoms with Gasteiger partial charge in [0, 0.05) is 29.6 Å². The molecule has 2 unspecified atom stereocenters. The maximum atomic E-state index is 10.7. The number of phosphoric ester groups is 2. The van der Waals surface area contributed by atoms with Crippen molar-refractivity contribution in [1.29, 1.82) is 0 Å². The van der Waals surface area contributed by atoms with E-state index in [-0.39, 0.29) is 29.6 Å². The van der Waals surface area contributed by atoms with Crippen LogP contribution in [0.4, 0.5) is 0 Å². The summed E-state index contributed by atoms with van der Waals surface area (Å²) >= 11 is 0. The SMILES string of the molecule is O=P(O)(O)O[C@@H]1C(O)[C@H](OP(=O)(O)O)[C@@H](O)C(O)[C@H]1O.[Na]. The summed E-state index contributed by atoms with van der Waals surface area (Å²) in [4.78, 5) is 34.4. The van der Waals surface area contributed by atoms with E-state index in [1.165, 1.54) is 0 Å². The van der Waals surface area contributed by atoms with E-state index in [9.17, 15) is 29.6 Å². The van der Waals surface area contributed by atoms with Gasteiger partial charge < -0.3 is 40.0 Å². The molecule has 1 radical (unpaired) electrons. The Labute approximate surface area is 140 Å². The molecule has 1 rings (SSSR count). The van der Waals surface area contributed by atoms with Gasteiger partial charge in [0.1, 0.15) is 36.6 Å². The smallest absolute Gasteiger partial charge is 0.387 e. The normalized spacial score (nSPS) is 37.9. The summed E-state index contributed by atoms with van der Waals surface area (Å²) in [5, 5.41) is 38.0. The number of hydrogen-bond donors (Lipinski definition) is 8. The summed E-state index contributed by atoms with van der Waals surface area (Å²) in [7, 11) is -10.4. The standard InChI is InChI=1S/C6H14O12P2.Na/c7-1-2(8)5(17-19(11,12)13)4(10)6(3(1)9)18-20(14,15)16;/h1-10H,(H2,11,12,13)(H2,14,15,16);/t1?,2-,3+,4?,5+,6-;. The molecule has 0 aromatic heterocycles. The van der Waals surface area contributed by atoms with E-state index in [1.807, 2.05) is 0 Å². The fraction of sp³-hybridized carbons (Fsp3) is 1.00. The monoisotopic (exact) mass is 363 g/mol. The Kier molecular flexibility index (Phi) is 8.15. The van der Waals surface area contributed by atoms with Gasteiger partial charge in [-0.3, -0.25) is 9.05 Å². The third-order valence-electron chi connectivity index (χ3n) is 2.56. The van der Waals surface area contributed by atoms with Gasteiger partial charge in [0.25, 0.3) is 0 Å². The van der Waals surface area contributed by atoms with Gasteiger partial charge in [-0.05, 0) is 0 Å². The van der Waals surface area contributed by atoms with Crippen molar-refractivity contribution in [2.24, 2.45) is 0 Å². The molecule has 15 heteroatoms. The Morgan fingerprint density at radius 2 is 0.905 bits per heavy atom. The van der Waals surface area contributed by atoms with Crippen LogP contribution in [0.5, 0.6) is 0 Å². The molecule has 1 aliphatic rings. The fourth-order valence-corrected chi connectivity index (χ4v) is 2.88. The van der Waals surface area contributed by atoms with Crippen molar-refractivity contribution in [1.82, 2.24) is 0 Å². The Hall–Kier alpha value is 1.06. The van der Waals surface area contributed by atoms with Crippen molar-refractivity contribution in [3.8, 4) is 0 Å². The summed E-state index contributed by atoms with van der Waals surface area (Å²) in [5.74, 6) is 0. The average Bonchev–Trinajstić information content (AvgIpc) is 2.25. The summed E-state index contributed by atoms with van der Waals surface area (Å²) < 4.78 is 29.4. The number of rotatable bonds is 4. The van der Waals surface area contributed by atoms with Crippen LogP contribution in [0, 0.1) is 0 Å². The zero-order valence-electron chi connectivity index (χ0n) is 10.6. The predicted molar refractivity (Wildman–Crippen MR) is 63.6 cm³/mol. The Morgan fingerprint density at radius 1 is 0.619 bits per heavy atom. The zero-order chi connectivity index (χ0) is 15.9. The second kappa shape index (κ2) is 7.75. The van der Waals surface area contributed by atoms with Crippen LogP contribution in [0.3, 0.4) is 0 Å². The molecule has 21 heavy (non-hydrogen) atoms. The number of phosphoric acid groups is 2. The van der Waals surface area contributed by atoms with Gasteiger partial charge in [0.15, 0.2) is 0 Å². The second-order valence-electron chi connectivity index (χ2n) is 4.08. The molecule has 1 saturated carbocycles. The zero-order valence-corrected chi connectivity index (χ0v) is 14.4. The maximum Gasteiger partial charge on any atom is 0.470 e. The van der Waals surface area contributed by atoms with Crippen LogP contribution < -0.4 is 0 Å². The Balaban J connectivity index is 0.00000400. The topological polar surface area (TPSA) is 214 Å². The van der Waals surface area contributed by atoms with E-state index < -0.39 is 52.3 Å². The quantitative estimate of drug-likeness (QED) is 0.177. The van der Waals surface area contributed by atoms with Crippen molar-refractivity contribution in [2.45, 2.75) is 36.6 Å². The van der Waals surface area contributed by atoms with Crippen LogP contribution in [0.15, 0.2) is 0 Å². The molecule has 0 spiro atoms. The maximum absolute atomic E-state index is 10.7. The first-order valence-electron chi connectivity index (χ1n) is 5.03. The number of aliphatic hydroxyl groups is 4. The van der Waals surface area contributed by atoms with E-state index >= 15 is 0 Å². The first-order chi connectivity index (χ1) is 8.83. The van der Waals surface area contributed by atoms with Crippen molar-refractivity contribution in [3.63, 3.8) is 0 Å². The molecule has 0 aliphatic heterocycles. The third kappa shape index (κ3) is 6.22. The number of hydrogen-bond acceptors (Lipinski definition) is 8. The summed E-state index contributed by atoms with van der Waals surface area (Å²) in [6.45, 7) is 0. The molecule has 0 saturated heterocycles. The van der Waals surface area contributed by atoms with E-state index in [4.69, 9.17) is 19.6 Å². The molecule has 0 amide bonds. The largest absolute Gasteiger partial charge is 0.470 e. The molecule has 0 heterocycles. The van der Waals surface area contributed by atoms with Crippen LogP contribution in [0.25, 0.3) is 0 Å². The predicted octanol–water partition coefficient (Wildman–Crippen LogP) is -3.98. The van der Waals surface area contributed by atoms with Crippen molar-refractivity contribution in [2.75, 3.05) is 0 Å². The first-order valence-corrected chi connectivity index (χ1v) is 8.10. The minimum Gasteiger partial charge on any atom is -0.387 e. The molecule has 0 aromatic carbocycles. The minimum absolute atomic E-state index is 0. The molecular formula is C6H14NaO12P2. The third-order valence-corrected chi connectivity index (χ3v) is 3.60. The number of aliphatic hydroxyl groups excluding tert-OH is 4. The minimum atomic E-state index is -5.20. The average molecular weight is 363 g/mol. The summed E-state index contributed by atoms with van der Waals surface area (Å²) in [5.41, 5.74) is 0. The van der Waals surface area contributed by atoms with Crippen molar-refractivity contribution < 1.29 is 58.2 Å². The van der Waals surface area contributed by atoms with E-state index in [2.05, 4.69) is 9.05 Å². The molecule has 121 valence electrons. The van der Waals surface area contributed by atoms with Gasteiger partial charge >= 0.3 is 15.6 Å². The van der Waals surface area contributed by atoms with E-state index in [0.29, 0.717) is 0 Å². The molecular weight excluding hydrogens is 349 g/mol. The van der Waals surface area contributed by atoms with Gasteiger partial charge in [-0.1, -0.05) is 0 Å². The van der Waals surface area contributed by atoms with E-state index in [0.717, 1.165) is 0 Å². The van der Waals surface area contributed by atoms with Crippen LogP contribution in [0.2, 0.25) is 0 Å². The van der Waals surface area contributed by atoms with Crippen LogP contribution in [-0.4, -0.2) is 106 Å². The molecule has 12 nitrogen and oxygen atoms in total. The second-order valence-corrected chi connectivity index (χ2v) is 6.47. The van der Waals surface area contributed by atoms with Crippen LogP contribution >= 0.6 is 15.6 Å². The molecule has 8 N–H and O–H groups in total. The van der Waals surface area contributed by atoms with Crippen molar-refractivity contribution in [3.05, 3.63) is 0 Å². The fourth-order valence-electron chi connectivity index (χ4n) is 1.75. The summed E-state index contributed by atoms with van der Waals surface area (Å²) in [6.07, 6.45) is -12.8. The molecule has 1 aliphatic carbocycles. The molecule has 0 aromatic rings. The molecule has 0 bridgehead atoms. The van der Waals surface area contributed by atoms with Crippen LogP contribution in [-0.2, 0) is 18.2 Å². The van der Waals surface area contributed by atoms with Crippen molar-refractivity contribution >= 4 is 45.2 Å². The van der Waals surface area contributed by atoms with Gasteiger partial charge in [0.05, 0.1) is 0 Å². The Bertz CT molecular complexity index is 395. The molecule has 1 fully saturated rings. The van der Waals surface area contributed by atoms with Crippen LogP contribution in [0.1, 0.15) is 0 Å². The van der Waals surface area contributed by atoms with Gasteiger partial charge in [-0.15, -0.1) is 0 Å².